The second-order valence-electron chi connectivity index (χ2n) is 6.30. The van der Waals surface area contributed by atoms with Gasteiger partial charge in [-0.3, -0.25) is 4.79 Å². The molecule has 3 heteroatoms. The van der Waals surface area contributed by atoms with Crippen LogP contribution in [0.1, 0.15) is 37.8 Å². The van der Waals surface area contributed by atoms with E-state index in [1.807, 2.05) is 0 Å². The molecule has 2 aliphatic heterocycles. The fourth-order valence-electron chi connectivity index (χ4n) is 3.48. The number of piperidine rings is 1. The SMILES string of the molecule is CC1CCCN(C(=O)C2Cc3ccccc3CN2)C1C. The summed E-state index contributed by atoms with van der Waals surface area (Å²) in [6, 6.07) is 8.76. The Bertz CT molecular complexity index is 500. The van der Waals surface area contributed by atoms with Crippen LogP contribution in [0.2, 0.25) is 0 Å². The minimum atomic E-state index is -0.0438. The molecule has 108 valence electrons. The van der Waals surface area contributed by atoms with E-state index in [-0.39, 0.29) is 6.04 Å². The van der Waals surface area contributed by atoms with Crippen LogP contribution in [-0.4, -0.2) is 29.4 Å². The minimum Gasteiger partial charge on any atom is -0.338 e. The average Bonchev–Trinajstić information content (AvgIpc) is 2.49. The number of likely N-dealkylation sites (tertiary alicyclic amines) is 1. The third-order valence-corrected chi connectivity index (χ3v) is 5.04. The summed E-state index contributed by atoms with van der Waals surface area (Å²) in [5.74, 6) is 0.905. The Morgan fingerprint density at radius 3 is 2.80 bits per heavy atom. The first-order valence-corrected chi connectivity index (χ1v) is 7.77. The first kappa shape index (κ1) is 13.6. The fraction of sp³-hybridized carbons (Fsp3) is 0.588. The van der Waals surface area contributed by atoms with Crippen LogP contribution >= 0.6 is 0 Å². The normalized spacial score (nSPS) is 29.9. The molecule has 1 N–H and O–H groups in total. The predicted molar refractivity (Wildman–Crippen MR) is 80.3 cm³/mol. The van der Waals surface area contributed by atoms with Gasteiger partial charge in [0, 0.05) is 19.1 Å². The van der Waals surface area contributed by atoms with E-state index in [1.165, 1.54) is 17.5 Å². The van der Waals surface area contributed by atoms with E-state index in [0.29, 0.717) is 17.9 Å². The van der Waals surface area contributed by atoms with Crippen molar-refractivity contribution in [1.82, 2.24) is 10.2 Å². The monoisotopic (exact) mass is 272 g/mol. The van der Waals surface area contributed by atoms with E-state index >= 15 is 0 Å². The highest BCUT2D eigenvalue weighted by Crippen LogP contribution is 2.25. The summed E-state index contributed by atoms with van der Waals surface area (Å²) in [5, 5.41) is 3.42. The first-order valence-electron chi connectivity index (χ1n) is 7.77. The van der Waals surface area contributed by atoms with Crippen molar-refractivity contribution in [2.24, 2.45) is 5.92 Å². The van der Waals surface area contributed by atoms with Crippen LogP contribution in [0.15, 0.2) is 24.3 Å². The second kappa shape index (κ2) is 5.57. The highest BCUT2D eigenvalue weighted by atomic mass is 16.2. The zero-order chi connectivity index (χ0) is 14.1. The molecule has 20 heavy (non-hydrogen) atoms. The fourth-order valence-corrected chi connectivity index (χ4v) is 3.48. The Morgan fingerprint density at radius 1 is 1.25 bits per heavy atom. The number of benzene rings is 1. The standard InChI is InChI=1S/C17H24N2O/c1-12-6-5-9-19(13(12)2)17(20)16-10-14-7-3-4-8-15(14)11-18-16/h3-4,7-8,12-13,16,18H,5-6,9-11H2,1-2H3. The summed E-state index contributed by atoms with van der Waals surface area (Å²) >= 11 is 0. The van der Waals surface area contributed by atoms with E-state index < -0.39 is 0 Å². The van der Waals surface area contributed by atoms with Crippen molar-refractivity contribution in [2.45, 2.75) is 51.7 Å². The van der Waals surface area contributed by atoms with Crippen molar-refractivity contribution < 1.29 is 4.79 Å². The molecule has 2 aliphatic rings. The lowest BCUT2D eigenvalue weighted by Gasteiger charge is -2.40. The zero-order valence-corrected chi connectivity index (χ0v) is 12.4. The van der Waals surface area contributed by atoms with Gasteiger partial charge in [0.2, 0.25) is 5.91 Å². The van der Waals surface area contributed by atoms with Crippen molar-refractivity contribution in [3.05, 3.63) is 35.4 Å². The Labute approximate surface area is 121 Å². The second-order valence-corrected chi connectivity index (χ2v) is 6.30. The molecule has 0 radical (unpaired) electrons. The van der Waals surface area contributed by atoms with Crippen LogP contribution in [-0.2, 0) is 17.8 Å². The Hall–Kier alpha value is -1.35. The topological polar surface area (TPSA) is 32.3 Å². The van der Waals surface area contributed by atoms with E-state index in [4.69, 9.17) is 0 Å². The Balaban J connectivity index is 1.72. The van der Waals surface area contributed by atoms with E-state index in [0.717, 1.165) is 25.9 Å². The molecule has 2 heterocycles. The third-order valence-electron chi connectivity index (χ3n) is 5.04. The highest BCUT2D eigenvalue weighted by molar-refractivity contribution is 5.83. The maximum atomic E-state index is 12.8. The van der Waals surface area contributed by atoms with Crippen molar-refractivity contribution in [3.8, 4) is 0 Å². The van der Waals surface area contributed by atoms with Crippen molar-refractivity contribution >= 4 is 5.91 Å². The van der Waals surface area contributed by atoms with Gasteiger partial charge in [-0.2, -0.15) is 0 Å². The highest BCUT2D eigenvalue weighted by Gasteiger charge is 2.33. The number of nitrogens with one attached hydrogen (secondary N) is 1. The van der Waals surface area contributed by atoms with E-state index in [1.54, 1.807) is 0 Å². The molecule has 0 spiro atoms. The van der Waals surface area contributed by atoms with Gasteiger partial charge < -0.3 is 10.2 Å². The summed E-state index contributed by atoms with van der Waals surface area (Å²) in [7, 11) is 0. The lowest BCUT2D eigenvalue weighted by atomic mass is 9.90. The summed E-state index contributed by atoms with van der Waals surface area (Å²) < 4.78 is 0. The third kappa shape index (κ3) is 2.47. The average molecular weight is 272 g/mol. The summed E-state index contributed by atoms with van der Waals surface area (Å²) in [6.45, 7) is 6.18. The van der Waals surface area contributed by atoms with Crippen LogP contribution in [0.5, 0.6) is 0 Å². The van der Waals surface area contributed by atoms with Crippen LogP contribution in [0.25, 0.3) is 0 Å². The van der Waals surface area contributed by atoms with Crippen LogP contribution in [0, 0.1) is 5.92 Å². The smallest absolute Gasteiger partial charge is 0.240 e. The number of carbonyl (C=O) groups is 1. The molecule has 0 saturated carbocycles. The van der Waals surface area contributed by atoms with Crippen molar-refractivity contribution in [3.63, 3.8) is 0 Å². The molecule has 1 saturated heterocycles. The molecular formula is C17H24N2O. The largest absolute Gasteiger partial charge is 0.338 e. The number of hydrogen-bond acceptors (Lipinski definition) is 2. The number of rotatable bonds is 1. The van der Waals surface area contributed by atoms with Crippen molar-refractivity contribution in [1.29, 1.82) is 0 Å². The molecule has 1 fully saturated rings. The number of fused-ring (bicyclic) bond motifs is 1. The summed E-state index contributed by atoms with van der Waals surface area (Å²) in [6.07, 6.45) is 3.21. The van der Waals surface area contributed by atoms with E-state index in [2.05, 4.69) is 48.3 Å². The van der Waals surface area contributed by atoms with Gasteiger partial charge in [-0.15, -0.1) is 0 Å². The van der Waals surface area contributed by atoms with Crippen LogP contribution in [0.3, 0.4) is 0 Å². The molecule has 3 rings (SSSR count). The number of amides is 1. The minimum absolute atomic E-state index is 0.0438. The lowest BCUT2D eigenvalue weighted by molar-refractivity contribution is -0.138. The predicted octanol–water partition coefficient (Wildman–Crippen LogP) is 2.35. The number of nitrogens with zero attached hydrogens (tertiary/aromatic N) is 1. The van der Waals surface area contributed by atoms with Gasteiger partial charge >= 0.3 is 0 Å². The van der Waals surface area contributed by atoms with Gasteiger partial charge in [0.05, 0.1) is 6.04 Å². The van der Waals surface area contributed by atoms with Crippen LogP contribution < -0.4 is 5.32 Å². The van der Waals surface area contributed by atoms with Crippen LogP contribution in [0.4, 0.5) is 0 Å². The van der Waals surface area contributed by atoms with Gasteiger partial charge in [-0.05, 0) is 43.2 Å². The van der Waals surface area contributed by atoms with Gasteiger partial charge in [0.25, 0.3) is 0 Å². The van der Waals surface area contributed by atoms with Gasteiger partial charge in [-0.25, -0.2) is 0 Å². The molecule has 0 aliphatic carbocycles. The van der Waals surface area contributed by atoms with Crippen molar-refractivity contribution in [2.75, 3.05) is 6.54 Å². The Morgan fingerprint density at radius 2 is 2.00 bits per heavy atom. The van der Waals surface area contributed by atoms with Gasteiger partial charge in [-0.1, -0.05) is 31.2 Å². The first-order chi connectivity index (χ1) is 9.66. The molecule has 0 bridgehead atoms. The van der Waals surface area contributed by atoms with Gasteiger partial charge in [0.15, 0.2) is 0 Å². The Kier molecular flexibility index (Phi) is 3.79. The van der Waals surface area contributed by atoms with E-state index in [9.17, 15) is 4.79 Å². The molecule has 1 aromatic carbocycles. The number of hydrogen-bond donors (Lipinski definition) is 1. The molecule has 1 amide bonds. The molecular weight excluding hydrogens is 248 g/mol. The number of carbonyl (C=O) groups excluding carboxylic acids is 1. The quantitative estimate of drug-likeness (QED) is 0.851. The maximum Gasteiger partial charge on any atom is 0.240 e. The summed E-state index contributed by atoms with van der Waals surface area (Å²) in [5.41, 5.74) is 2.65. The molecule has 0 aromatic heterocycles. The van der Waals surface area contributed by atoms with Gasteiger partial charge in [0.1, 0.15) is 0 Å². The molecule has 3 atom stereocenters. The maximum absolute atomic E-state index is 12.8. The zero-order valence-electron chi connectivity index (χ0n) is 12.4. The lowest BCUT2D eigenvalue weighted by Crippen LogP contribution is -2.55. The molecule has 3 unspecified atom stereocenters. The molecule has 1 aromatic rings. The molecule has 3 nitrogen and oxygen atoms in total. The summed E-state index contributed by atoms with van der Waals surface area (Å²) in [4.78, 5) is 14.9.